The van der Waals surface area contributed by atoms with Gasteiger partial charge in [0.05, 0.1) is 0 Å². The van der Waals surface area contributed by atoms with Gasteiger partial charge in [-0.15, -0.1) is 0 Å². The summed E-state index contributed by atoms with van der Waals surface area (Å²) in [4.78, 5) is 10.9. The zero-order valence-electron chi connectivity index (χ0n) is 8.20. The molecular formula is C11H10FNO2. The monoisotopic (exact) mass is 207 g/mol. The van der Waals surface area contributed by atoms with Gasteiger partial charge < -0.3 is 9.67 Å². The number of benzene rings is 1. The minimum atomic E-state index is -0.992. The van der Waals surface area contributed by atoms with E-state index in [9.17, 15) is 9.18 Å². The van der Waals surface area contributed by atoms with Crippen molar-refractivity contribution in [1.29, 1.82) is 0 Å². The first-order valence-corrected chi connectivity index (χ1v) is 4.65. The summed E-state index contributed by atoms with van der Waals surface area (Å²) in [5.74, 6) is -1.35. The van der Waals surface area contributed by atoms with Crippen molar-refractivity contribution in [3.8, 4) is 0 Å². The second kappa shape index (κ2) is 3.38. The summed E-state index contributed by atoms with van der Waals surface area (Å²) in [6, 6.07) is 5.76. The number of aromatic nitrogens is 1. The lowest BCUT2D eigenvalue weighted by atomic mass is 10.2. The lowest BCUT2D eigenvalue weighted by molar-refractivity contribution is 0.0686. The van der Waals surface area contributed by atoms with Crippen LogP contribution in [0, 0.1) is 5.82 Å². The molecule has 0 bridgehead atoms. The molecule has 1 aromatic carbocycles. The van der Waals surface area contributed by atoms with Crippen LogP contribution in [0.5, 0.6) is 0 Å². The van der Waals surface area contributed by atoms with Crippen LogP contribution in [0.25, 0.3) is 10.9 Å². The first kappa shape index (κ1) is 9.71. The Labute approximate surface area is 85.7 Å². The highest BCUT2D eigenvalue weighted by Gasteiger charge is 2.13. The Kier molecular flexibility index (Phi) is 2.19. The molecule has 0 spiro atoms. The van der Waals surface area contributed by atoms with E-state index in [0.29, 0.717) is 11.9 Å². The molecule has 4 heteroatoms. The Balaban J connectivity index is 2.78. The number of nitrogens with zero attached hydrogens (tertiary/aromatic N) is 1. The van der Waals surface area contributed by atoms with Crippen molar-refractivity contribution >= 4 is 16.9 Å². The van der Waals surface area contributed by atoms with Crippen LogP contribution < -0.4 is 0 Å². The molecular weight excluding hydrogens is 197 g/mol. The van der Waals surface area contributed by atoms with E-state index < -0.39 is 5.97 Å². The lowest BCUT2D eigenvalue weighted by Gasteiger charge is -2.03. The van der Waals surface area contributed by atoms with Gasteiger partial charge in [-0.05, 0) is 31.2 Å². The van der Waals surface area contributed by atoms with Gasteiger partial charge in [-0.1, -0.05) is 0 Å². The van der Waals surface area contributed by atoms with Gasteiger partial charge in [0.15, 0.2) is 0 Å². The molecule has 0 aliphatic heterocycles. The molecule has 0 aliphatic rings. The van der Waals surface area contributed by atoms with Gasteiger partial charge in [-0.2, -0.15) is 0 Å². The van der Waals surface area contributed by atoms with Gasteiger partial charge in [0.2, 0.25) is 0 Å². The van der Waals surface area contributed by atoms with Crippen molar-refractivity contribution in [1.82, 2.24) is 4.57 Å². The van der Waals surface area contributed by atoms with Crippen molar-refractivity contribution in [2.75, 3.05) is 0 Å². The molecule has 0 aliphatic carbocycles. The first-order valence-electron chi connectivity index (χ1n) is 4.65. The van der Waals surface area contributed by atoms with Gasteiger partial charge in [0.25, 0.3) is 0 Å². The maximum absolute atomic E-state index is 12.9. The fourth-order valence-electron chi connectivity index (χ4n) is 1.76. The first-order chi connectivity index (χ1) is 7.13. The van der Waals surface area contributed by atoms with Crippen molar-refractivity contribution in [3.05, 3.63) is 35.8 Å². The average Bonchev–Trinajstić information content (AvgIpc) is 2.55. The summed E-state index contributed by atoms with van der Waals surface area (Å²) >= 11 is 0. The molecule has 2 aromatic rings. The molecule has 0 atom stereocenters. The SMILES string of the molecule is CCn1c(C(=O)O)cc2cc(F)ccc21. The zero-order chi connectivity index (χ0) is 11.0. The smallest absolute Gasteiger partial charge is 0.352 e. The van der Waals surface area contributed by atoms with Gasteiger partial charge in [-0.25, -0.2) is 9.18 Å². The number of aryl methyl sites for hydroxylation is 1. The summed E-state index contributed by atoms with van der Waals surface area (Å²) in [6.07, 6.45) is 0. The Morgan fingerprint density at radius 1 is 1.47 bits per heavy atom. The quantitative estimate of drug-likeness (QED) is 0.822. The molecule has 1 heterocycles. The standard InChI is InChI=1S/C11H10FNO2/c1-2-13-9-4-3-8(12)5-7(9)6-10(13)11(14)15/h3-6H,2H2,1H3,(H,14,15). The highest BCUT2D eigenvalue weighted by Crippen LogP contribution is 2.20. The van der Waals surface area contributed by atoms with Crippen LogP contribution >= 0.6 is 0 Å². The molecule has 0 radical (unpaired) electrons. The summed E-state index contributed by atoms with van der Waals surface area (Å²) in [6.45, 7) is 2.41. The number of carbonyl (C=O) groups is 1. The van der Waals surface area contributed by atoms with E-state index >= 15 is 0 Å². The zero-order valence-corrected chi connectivity index (χ0v) is 8.20. The van der Waals surface area contributed by atoms with Crippen molar-refractivity contribution in [2.24, 2.45) is 0 Å². The second-order valence-electron chi connectivity index (χ2n) is 3.28. The Morgan fingerprint density at radius 2 is 2.20 bits per heavy atom. The maximum Gasteiger partial charge on any atom is 0.352 e. The van der Waals surface area contributed by atoms with E-state index in [2.05, 4.69) is 0 Å². The normalized spacial score (nSPS) is 10.8. The Bertz CT molecular complexity index is 531. The summed E-state index contributed by atoms with van der Waals surface area (Å²) in [5, 5.41) is 9.57. The number of carboxylic acids is 1. The fourth-order valence-corrected chi connectivity index (χ4v) is 1.76. The minimum absolute atomic E-state index is 0.193. The molecule has 0 saturated heterocycles. The molecule has 0 fully saturated rings. The van der Waals surface area contributed by atoms with E-state index in [1.54, 1.807) is 10.6 Å². The molecule has 78 valence electrons. The molecule has 0 unspecified atom stereocenters. The van der Waals surface area contributed by atoms with E-state index in [0.717, 1.165) is 5.52 Å². The molecule has 2 rings (SSSR count). The van der Waals surface area contributed by atoms with Crippen molar-refractivity contribution in [3.63, 3.8) is 0 Å². The number of rotatable bonds is 2. The molecule has 1 N–H and O–H groups in total. The Morgan fingerprint density at radius 3 is 2.80 bits per heavy atom. The van der Waals surface area contributed by atoms with Gasteiger partial charge in [-0.3, -0.25) is 0 Å². The Hall–Kier alpha value is -1.84. The van der Waals surface area contributed by atoms with Gasteiger partial charge in [0, 0.05) is 17.4 Å². The molecule has 0 saturated carbocycles. The number of aromatic carboxylic acids is 1. The van der Waals surface area contributed by atoms with Crippen molar-refractivity contribution < 1.29 is 14.3 Å². The van der Waals surface area contributed by atoms with Gasteiger partial charge in [0.1, 0.15) is 11.5 Å². The van der Waals surface area contributed by atoms with Crippen molar-refractivity contribution in [2.45, 2.75) is 13.5 Å². The van der Waals surface area contributed by atoms with Crippen LogP contribution in [-0.4, -0.2) is 15.6 Å². The third-order valence-electron chi connectivity index (χ3n) is 2.40. The van der Waals surface area contributed by atoms with Crippen LogP contribution in [0.4, 0.5) is 4.39 Å². The number of hydrogen-bond acceptors (Lipinski definition) is 1. The number of hydrogen-bond donors (Lipinski definition) is 1. The summed E-state index contributed by atoms with van der Waals surface area (Å²) < 4.78 is 14.6. The van der Waals surface area contributed by atoms with Crippen LogP contribution in [0.3, 0.4) is 0 Å². The van der Waals surface area contributed by atoms with Crippen LogP contribution in [-0.2, 0) is 6.54 Å². The van der Waals surface area contributed by atoms with Gasteiger partial charge >= 0.3 is 5.97 Å². The topological polar surface area (TPSA) is 42.2 Å². The predicted octanol–water partition coefficient (Wildman–Crippen LogP) is 2.50. The fraction of sp³-hybridized carbons (Fsp3) is 0.182. The van der Waals surface area contributed by atoms with E-state index in [-0.39, 0.29) is 11.5 Å². The average molecular weight is 207 g/mol. The molecule has 1 aromatic heterocycles. The minimum Gasteiger partial charge on any atom is -0.477 e. The highest BCUT2D eigenvalue weighted by molar-refractivity contribution is 5.94. The number of carboxylic acid groups (broad SMARTS) is 1. The third kappa shape index (κ3) is 1.48. The number of fused-ring (bicyclic) bond motifs is 1. The van der Waals surface area contributed by atoms with Crippen LogP contribution in [0.1, 0.15) is 17.4 Å². The van der Waals surface area contributed by atoms with Crippen LogP contribution in [0.2, 0.25) is 0 Å². The van der Waals surface area contributed by atoms with E-state index in [1.807, 2.05) is 6.92 Å². The lowest BCUT2D eigenvalue weighted by Crippen LogP contribution is -2.06. The van der Waals surface area contributed by atoms with E-state index in [1.165, 1.54) is 18.2 Å². The second-order valence-corrected chi connectivity index (χ2v) is 3.28. The number of halogens is 1. The van der Waals surface area contributed by atoms with E-state index in [4.69, 9.17) is 5.11 Å². The predicted molar refractivity (Wildman–Crippen MR) is 54.5 cm³/mol. The highest BCUT2D eigenvalue weighted by atomic mass is 19.1. The maximum atomic E-state index is 12.9. The third-order valence-corrected chi connectivity index (χ3v) is 2.40. The summed E-state index contributed by atoms with van der Waals surface area (Å²) in [7, 11) is 0. The summed E-state index contributed by atoms with van der Waals surface area (Å²) in [5.41, 5.74) is 0.939. The largest absolute Gasteiger partial charge is 0.477 e. The molecule has 15 heavy (non-hydrogen) atoms. The van der Waals surface area contributed by atoms with Crippen LogP contribution in [0.15, 0.2) is 24.3 Å². The molecule has 3 nitrogen and oxygen atoms in total. The molecule has 0 amide bonds.